The third kappa shape index (κ3) is 6.16. The van der Waals surface area contributed by atoms with E-state index >= 15 is 0 Å². The van der Waals surface area contributed by atoms with Crippen molar-refractivity contribution in [2.24, 2.45) is 0 Å². The molecule has 0 aliphatic heterocycles. The van der Waals surface area contributed by atoms with Crippen molar-refractivity contribution in [1.29, 1.82) is 0 Å². The molecule has 5 heteroatoms. The maximum atomic E-state index is 10.00. The van der Waals surface area contributed by atoms with Gasteiger partial charge >= 0.3 is 16.1 Å². The summed E-state index contributed by atoms with van der Waals surface area (Å²) in [6, 6.07) is 0. The van der Waals surface area contributed by atoms with E-state index in [9.17, 15) is 9.13 Å². The molecule has 0 bridgehead atoms. The summed E-state index contributed by atoms with van der Waals surface area (Å²) in [4.78, 5) is 0. The number of rotatable bonds is 2. The maximum Gasteiger partial charge on any atom is 0.558 e. The van der Waals surface area contributed by atoms with E-state index in [2.05, 4.69) is 4.31 Å². The zero-order chi connectivity index (χ0) is 5.86. The van der Waals surface area contributed by atoms with Crippen LogP contribution in [0.15, 0.2) is 0 Å². The molecule has 0 aromatic carbocycles. The minimum absolute atomic E-state index is 1.37. The van der Waals surface area contributed by atoms with Crippen LogP contribution in [-0.4, -0.2) is 13.3 Å². The molecule has 7 heavy (non-hydrogen) atoms. The Kier molecular flexibility index (Phi) is 3.27. The molecule has 0 rings (SSSR count). The quantitative estimate of drug-likeness (QED) is 0.548. The molecule has 0 aliphatic rings. The van der Waals surface area contributed by atoms with Gasteiger partial charge in [0.2, 0.25) is 0 Å². The first-order chi connectivity index (χ1) is 3.13. The topological polar surface area (TPSA) is 43.4 Å². The Morgan fingerprint density at radius 3 is 1.43 bits per heavy atom. The second-order valence-corrected chi connectivity index (χ2v) is 3.37. The van der Waals surface area contributed by atoms with Crippen LogP contribution in [0, 0.1) is 0 Å². The van der Waals surface area contributed by atoms with Gasteiger partial charge in [0, 0.05) is 0 Å². The summed E-state index contributed by atoms with van der Waals surface area (Å²) in [6.07, 6.45) is 0. The molecule has 2 atom stereocenters. The molecule has 40 valence electrons. The third-order valence-electron chi connectivity index (χ3n) is 0.230. The van der Waals surface area contributed by atoms with Crippen LogP contribution in [0.25, 0.3) is 0 Å². The predicted molar refractivity (Wildman–Crippen MR) is 28.1 cm³/mol. The van der Waals surface area contributed by atoms with Crippen molar-refractivity contribution in [3.63, 3.8) is 0 Å². The molecule has 0 aromatic heterocycles. The first kappa shape index (κ1) is 7.16. The van der Waals surface area contributed by atoms with Crippen molar-refractivity contribution in [1.82, 2.24) is 0 Å². The lowest BCUT2D eigenvalue weighted by atomic mass is 12.0. The highest BCUT2D eigenvalue weighted by Gasteiger charge is 2.22. The fourth-order valence-corrected chi connectivity index (χ4v) is 1.46. The monoisotopic (exact) mass is 140 g/mol. The summed E-state index contributed by atoms with van der Waals surface area (Å²) in [5.41, 5.74) is 0. The predicted octanol–water partition coefficient (Wildman–Crippen LogP) is 1.75. The normalized spacial score (nSPS) is 13.4. The van der Waals surface area contributed by atoms with Crippen LogP contribution in [-0.2, 0) is 13.4 Å². The van der Waals surface area contributed by atoms with Gasteiger partial charge in [-0.15, -0.1) is 0 Å². The van der Waals surface area contributed by atoms with Gasteiger partial charge in [-0.25, -0.2) is 0 Å². The van der Waals surface area contributed by atoms with E-state index in [1.165, 1.54) is 13.3 Å². The second kappa shape index (κ2) is 3.20. The molecule has 0 saturated heterocycles. The van der Waals surface area contributed by atoms with E-state index in [4.69, 9.17) is 0 Å². The highest BCUT2D eigenvalue weighted by Crippen LogP contribution is 2.31. The fraction of sp³-hybridized carbons (Fsp3) is 1.00. The number of hydrogen-bond donors (Lipinski definition) is 0. The lowest BCUT2D eigenvalue weighted by molar-refractivity contribution is 0.496. The molecule has 0 spiro atoms. The Labute approximate surface area is 43.8 Å². The SMILES string of the molecule is C[P+](=O)O[P+](C)=O. The molecular formula is C2H6O3P2+2. The standard InChI is InChI=1S/C2H6O3P2/c1-6(3)5-7(2)4/h1-2H3/q+2. The molecule has 0 fully saturated rings. The van der Waals surface area contributed by atoms with Gasteiger partial charge < -0.3 is 0 Å². The van der Waals surface area contributed by atoms with E-state index in [1.54, 1.807) is 0 Å². The maximum absolute atomic E-state index is 10.00. The Morgan fingerprint density at radius 1 is 1.14 bits per heavy atom. The number of hydrogen-bond acceptors (Lipinski definition) is 3. The molecule has 0 amide bonds. The minimum Gasteiger partial charge on any atom is -0.0300 e. The molecule has 0 aromatic rings. The van der Waals surface area contributed by atoms with E-state index in [0.29, 0.717) is 0 Å². The molecule has 0 saturated carbocycles. The van der Waals surface area contributed by atoms with Crippen LogP contribution in [0.4, 0.5) is 0 Å². The summed E-state index contributed by atoms with van der Waals surface area (Å²) in [7, 11) is -3.35. The molecule has 0 heterocycles. The van der Waals surface area contributed by atoms with Gasteiger partial charge in [0.25, 0.3) is 0 Å². The average Bonchev–Trinajstić information content (AvgIpc) is 1.27. The third-order valence-corrected chi connectivity index (χ3v) is 2.07. The van der Waals surface area contributed by atoms with Crippen LogP contribution in [0.5, 0.6) is 0 Å². The minimum atomic E-state index is -1.67. The van der Waals surface area contributed by atoms with Crippen LogP contribution < -0.4 is 0 Å². The van der Waals surface area contributed by atoms with E-state index < -0.39 is 16.1 Å². The van der Waals surface area contributed by atoms with Gasteiger partial charge in [-0.1, -0.05) is 0 Å². The Bertz CT molecular complexity index is 87.1. The van der Waals surface area contributed by atoms with E-state index in [1.807, 2.05) is 0 Å². The van der Waals surface area contributed by atoms with Gasteiger partial charge in [0.15, 0.2) is 13.3 Å². The van der Waals surface area contributed by atoms with Gasteiger partial charge in [-0.3, -0.25) is 0 Å². The van der Waals surface area contributed by atoms with Gasteiger partial charge in [-0.2, -0.15) is 0 Å². The molecule has 3 nitrogen and oxygen atoms in total. The Morgan fingerprint density at radius 2 is 1.43 bits per heavy atom. The molecule has 0 radical (unpaired) electrons. The van der Waals surface area contributed by atoms with Crippen LogP contribution >= 0.6 is 16.1 Å². The summed E-state index contributed by atoms with van der Waals surface area (Å²) in [5.74, 6) is 0. The summed E-state index contributed by atoms with van der Waals surface area (Å²) >= 11 is 0. The largest absolute Gasteiger partial charge is 0.558 e. The first-order valence-electron chi connectivity index (χ1n) is 1.62. The zero-order valence-electron chi connectivity index (χ0n) is 4.12. The zero-order valence-corrected chi connectivity index (χ0v) is 5.91. The fourth-order valence-electron chi connectivity index (χ4n) is 0.162. The highest BCUT2D eigenvalue weighted by atomic mass is 31.2. The van der Waals surface area contributed by atoms with Gasteiger partial charge in [-0.05, 0) is 9.13 Å². The summed E-state index contributed by atoms with van der Waals surface area (Å²) in [6.45, 7) is 2.73. The summed E-state index contributed by atoms with van der Waals surface area (Å²) in [5, 5.41) is 0. The van der Waals surface area contributed by atoms with Crippen LogP contribution in [0.3, 0.4) is 0 Å². The Hall–Kier alpha value is 0.160. The van der Waals surface area contributed by atoms with Gasteiger partial charge in [0.05, 0.1) is 0 Å². The average molecular weight is 140 g/mol. The highest BCUT2D eigenvalue weighted by molar-refractivity contribution is 7.52. The van der Waals surface area contributed by atoms with Crippen molar-refractivity contribution >= 4 is 16.1 Å². The van der Waals surface area contributed by atoms with E-state index in [0.717, 1.165) is 0 Å². The lowest BCUT2D eigenvalue weighted by Gasteiger charge is -1.55. The molecule has 2 unspecified atom stereocenters. The van der Waals surface area contributed by atoms with Crippen molar-refractivity contribution in [2.75, 3.05) is 13.3 Å². The lowest BCUT2D eigenvalue weighted by Crippen LogP contribution is -1.56. The van der Waals surface area contributed by atoms with Crippen molar-refractivity contribution in [3.8, 4) is 0 Å². The van der Waals surface area contributed by atoms with E-state index in [-0.39, 0.29) is 0 Å². The van der Waals surface area contributed by atoms with Crippen LogP contribution in [0.1, 0.15) is 0 Å². The Balaban J connectivity index is 3.32. The van der Waals surface area contributed by atoms with Crippen molar-refractivity contribution < 1.29 is 13.4 Å². The second-order valence-electron chi connectivity index (χ2n) is 0.961. The summed E-state index contributed by atoms with van der Waals surface area (Å²) < 4.78 is 24.3. The molecule has 0 N–H and O–H groups in total. The first-order valence-corrected chi connectivity index (χ1v) is 4.87. The van der Waals surface area contributed by atoms with Crippen LogP contribution in [0.2, 0.25) is 0 Å². The molecular weight excluding hydrogens is 134 g/mol. The van der Waals surface area contributed by atoms with Crippen molar-refractivity contribution in [2.45, 2.75) is 0 Å². The molecule has 0 aliphatic carbocycles. The van der Waals surface area contributed by atoms with Gasteiger partial charge in [0.1, 0.15) is 4.31 Å². The smallest absolute Gasteiger partial charge is 0.0300 e. The van der Waals surface area contributed by atoms with Crippen molar-refractivity contribution in [3.05, 3.63) is 0 Å².